The number of sulfonamides is 1. The van der Waals surface area contributed by atoms with E-state index in [1.807, 2.05) is 6.92 Å². The molecular weight excluding hydrogens is 255 g/mol. The molecule has 0 unspecified atom stereocenters. The van der Waals surface area contributed by atoms with E-state index in [0.29, 0.717) is 6.54 Å². The number of hydrogen-bond donors (Lipinski definition) is 1. The summed E-state index contributed by atoms with van der Waals surface area (Å²) in [5.41, 5.74) is 0.769. The van der Waals surface area contributed by atoms with Gasteiger partial charge in [-0.05, 0) is 24.2 Å². The number of halogens is 1. The van der Waals surface area contributed by atoms with Crippen LogP contribution in [-0.2, 0) is 16.6 Å². The Labute approximate surface area is 108 Å². The minimum absolute atomic E-state index is 0.0680. The number of nitrogens with zero attached hydrogens (tertiary/aromatic N) is 1. The molecule has 0 radical (unpaired) electrons. The van der Waals surface area contributed by atoms with Gasteiger partial charge in [0.1, 0.15) is 5.82 Å². The predicted octanol–water partition coefficient (Wildman–Crippen LogP) is 1.20. The van der Waals surface area contributed by atoms with Crippen molar-refractivity contribution in [1.82, 2.24) is 9.62 Å². The molecule has 0 heterocycles. The average molecular weight is 274 g/mol. The summed E-state index contributed by atoms with van der Waals surface area (Å²) in [6, 6.07) is 5.83. The van der Waals surface area contributed by atoms with Gasteiger partial charge in [-0.2, -0.15) is 0 Å². The lowest BCUT2D eigenvalue weighted by atomic mass is 10.2. The molecule has 0 saturated heterocycles. The second kappa shape index (κ2) is 6.82. The van der Waals surface area contributed by atoms with Crippen LogP contribution in [-0.4, -0.2) is 38.6 Å². The Morgan fingerprint density at radius 1 is 1.28 bits per heavy atom. The van der Waals surface area contributed by atoms with Gasteiger partial charge in [0.05, 0.1) is 5.75 Å². The molecule has 1 aromatic rings. The second-order valence-electron chi connectivity index (χ2n) is 4.05. The van der Waals surface area contributed by atoms with E-state index in [-0.39, 0.29) is 18.1 Å². The van der Waals surface area contributed by atoms with Gasteiger partial charge < -0.3 is 5.32 Å². The topological polar surface area (TPSA) is 49.4 Å². The molecule has 0 aliphatic heterocycles. The van der Waals surface area contributed by atoms with Crippen LogP contribution in [0.2, 0.25) is 0 Å². The quantitative estimate of drug-likeness (QED) is 0.760. The molecule has 1 aromatic carbocycles. The number of nitrogens with one attached hydrogen (secondary N) is 1. The fourth-order valence-corrected chi connectivity index (χ4v) is 2.54. The Morgan fingerprint density at radius 3 is 2.44 bits per heavy atom. The molecule has 1 rings (SSSR count). The molecule has 0 amide bonds. The molecule has 6 heteroatoms. The van der Waals surface area contributed by atoms with Crippen molar-refractivity contribution in [2.24, 2.45) is 0 Å². The first-order valence-electron chi connectivity index (χ1n) is 5.85. The van der Waals surface area contributed by atoms with Crippen LogP contribution in [0.15, 0.2) is 24.3 Å². The van der Waals surface area contributed by atoms with Crippen LogP contribution in [0.5, 0.6) is 0 Å². The maximum absolute atomic E-state index is 12.7. The normalized spacial score (nSPS) is 12.0. The molecule has 0 saturated carbocycles. The molecule has 102 valence electrons. The molecule has 4 nitrogen and oxygen atoms in total. The van der Waals surface area contributed by atoms with Crippen molar-refractivity contribution in [1.29, 1.82) is 0 Å². The van der Waals surface area contributed by atoms with E-state index in [1.54, 1.807) is 12.1 Å². The molecule has 0 aromatic heterocycles. The van der Waals surface area contributed by atoms with Crippen molar-refractivity contribution >= 4 is 10.0 Å². The zero-order chi connectivity index (χ0) is 13.6. The van der Waals surface area contributed by atoms with Crippen LogP contribution in [0, 0.1) is 5.82 Å². The largest absolute Gasteiger partial charge is 0.316 e. The standard InChI is InChI=1S/C12H19FN2O2S/c1-3-14-8-9-18(16,17)15(2)10-11-4-6-12(13)7-5-11/h4-7,14H,3,8-10H2,1-2H3. The molecule has 18 heavy (non-hydrogen) atoms. The third-order valence-corrected chi connectivity index (χ3v) is 4.38. The lowest BCUT2D eigenvalue weighted by molar-refractivity contribution is 0.465. The highest BCUT2D eigenvalue weighted by atomic mass is 32.2. The third-order valence-electron chi connectivity index (χ3n) is 2.58. The summed E-state index contributed by atoms with van der Waals surface area (Å²) in [4.78, 5) is 0. The van der Waals surface area contributed by atoms with Crippen LogP contribution in [0.25, 0.3) is 0 Å². The zero-order valence-corrected chi connectivity index (χ0v) is 11.5. The summed E-state index contributed by atoms with van der Waals surface area (Å²) in [6.07, 6.45) is 0. The predicted molar refractivity (Wildman–Crippen MR) is 70.2 cm³/mol. The second-order valence-corrected chi connectivity index (χ2v) is 6.25. The number of hydrogen-bond acceptors (Lipinski definition) is 3. The van der Waals surface area contributed by atoms with Crippen LogP contribution in [0.3, 0.4) is 0 Å². The Kier molecular flexibility index (Phi) is 5.71. The van der Waals surface area contributed by atoms with E-state index in [9.17, 15) is 12.8 Å². The van der Waals surface area contributed by atoms with Gasteiger partial charge in [0.2, 0.25) is 10.0 Å². The molecule has 0 atom stereocenters. The molecule has 0 fully saturated rings. The van der Waals surface area contributed by atoms with E-state index < -0.39 is 10.0 Å². The summed E-state index contributed by atoms with van der Waals surface area (Å²) in [6.45, 7) is 3.37. The van der Waals surface area contributed by atoms with Gasteiger partial charge in [-0.3, -0.25) is 0 Å². The minimum atomic E-state index is -3.26. The first-order chi connectivity index (χ1) is 8.45. The van der Waals surface area contributed by atoms with Gasteiger partial charge >= 0.3 is 0 Å². The fraction of sp³-hybridized carbons (Fsp3) is 0.500. The highest BCUT2D eigenvalue weighted by Gasteiger charge is 2.17. The monoisotopic (exact) mass is 274 g/mol. The van der Waals surface area contributed by atoms with Gasteiger partial charge in [-0.15, -0.1) is 0 Å². The third kappa shape index (κ3) is 4.72. The van der Waals surface area contributed by atoms with Crippen molar-refractivity contribution in [3.63, 3.8) is 0 Å². The van der Waals surface area contributed by atoms with E-state index >= 15 is 0 Å². The van der Waals surface area contributed by atoms with Gasteiger partial charge in [0.25, 0.3) is 0 Å². The van der Waals surface area contributed by atoms with Crippen LogP contribution in [0.1, 0.15) is 12.5 Å². The van der Waals surface area contributed by atoms with E-state index in [2.05, 4.69) is 5.32 Å². The Balaban J connectivity index is 2.58. The number of rotatable bonds is 7. The molecular formula is C12H19FN2O2S. The van der Waals surface area contributed by atoms with Gasteiger partial charge in [0.15, 0.2) is 0 Å². The summed E-state index contributed by atoms with van der Waals surface area (Å²) in [5.74, 6) is -0.255. The van der Waals surface area contributed by atoms with Crippen molar-refractivity contribution in [2.45, 2.75) is 13.5 Å². The lowest BCUT2D eigenvalue weighted by Crippen LogP contribution is -2.33. The number of benzene rings is 1. The van der Waals surface area contributed by atoms with Crippen molar-refractivity contribution in [3.05, 3.63) is 35.6 Å². The summed E-state index contributed by atoms with van der Waals surface area (Å²) in [7, 11) is -1.73. The van der Waals surface area contributed by atoms with Crippen LogP contribution < -0.4 is 5.32 Å². The van der Waals surface area contributed by atoms with Crippen LogP contribution >= 0.6 is 0 Å². The zero-order valence-electron chi connectivity index (χ0n) is 10.7. The first kappa shape index (κ1) is 15.1. The maximum Gasteiger partial charge on any atom is 0.215 e. The summed E-state index contributed by atoms with van der Waals surface area (Å²) >= 11 is 0. The average Bonchev–Trinajstić information content (AvgIpc) is 2.32. The van der Waals surface area contributed by atoms with Crippen molar-refractivity contribution < 1.29 is 12.8 Å². The molecule has 0 bridgehead atoms. The van der Waals surface area contributed by atoms with Crippen molar-refractivity contribution in [3.8, 4) is 0 Å². The van der Waals surface area contributed by atoms with E-state index in [4.69, 9.17) is 0 Å². The lowest BCUT2D eigenvalue weighted by Gasteiger charge is -2.17. The van der Waals surface area contributed by atoms with Crippen LogP contribution in [0.4, 0.5) is 4.39 Å². The summed E-state index contributed by atoms with van der Waals surface area (Å²) < 4.78 is 37.8. The Hall–Kier alpha value is -0.980. The molecule has 0 spiro atoms. The molecule has 0 aliphatic carbocycles. The van der Waals surface area contributed by atoms with Gasteiger partial charge in [-0.25, -0.2) is 17.1 Å². The highest BCUT2D eigenvalue weighted by molar-refractivity contribution is 7.89. The fourth-order valence-electron chi connectivity index (χ4n) is 1.48. The minimum Gasteiger partial charge on any atom is -0.316 e. The Bertz CT molecular complexity index is 459. The molecule has 1 N–H and O–H groups in total. The van der Waals surface area contributed by atoms with Gasteiger partial charge in [-0.1, -0.05) is 19.1 Å². The van der Waals surface area contributed by atoms with E-state index in [1.165, 1.54) is 23.5 Å². The van der Waals surface area contributed by atoms with Gasteiger partial charge in [0, 0.05) is 20.1 Å². The molecule has 0 aliphatic rings. The highest BCUT2D eigenvalue weighted by Crippen LogP contribution is 2.08. The van der Waals surface area contributed by atoms with E-state index in [0.717, 1.165) is 12.1 Å². The first-order valence-corrected chi connectivity index (χ1v) is 7.46. The summed E-state index contributed by atoms with van der Waals surface area (Å²) in [5, 5.41) is 2.98. The maximum atomic E-state index is 12.7. The smallest absolute Gasteiger partial charge is 0.215 e. The SMILES string of the molecule is CCNCCS(=O)(=O)N(C)Cc1ccc(F)cc1. The van der Waals surface area contributed by atoms with Crippen molar-refractivity contribution in [2.75, 3.05) is 25.9 Å². The Morgan fingerprint density at radius 2 is 1.89 bits per heavy atom.